The minimum absolute atomic E-state index is 0. The Balaban J connectivity index is 0.000000295. The Hall–Kier alpha value is -3.64. The summed E-state index contributed by atoms with van der Waals surface area (Å²) >= 11 is 0. The summed E-state index contributed by atoms with van der Waals surface area (Å²) < 4.78 is 13.5. The van der Waals surface area contributed by atoms with Crippen molar-refractivity contribution in [3.63, 3.8) is 0 Å². The van der Waals surface area contributed by atoms with Crippen molar-refractivity contribution in [2.45, 2.75) is 39.8 Å². The zero-order valence-electron chi connectivity index (χ0n) is 23.7. The Kier molecular flexibility index (Phi) is 13.8. The molecule has 0 aliphatic rings. The molecule has 42 heavy (non-hydrogen) atoms. The van der Waals surface area contributed by atoms with Gasteiger partial charge in [-0.05, 0) is 18.8 Å². The standard InChI is InChI=1S/C14H19N5O4.C10H14N5O3.Na/c1-9(20)22-6-11(7-23-10(2)21)3-4-19-8-17-12-5-16-14(15)18-13(12)19;11-10-13-8-7(9(18)14-10)12-5-15(8)2-1-6(3-16)4-17;/h5,8,11H,3-4,6-7H2,1-2H3,(H2,15,16,18);5-6,16H,1-4H2,(H3,11,13,14,18);/q;-1;+1. The summed E-state index contributed by atoms with van der Waals surface area (Å²) in [6, 6.07) is 0. The molecule has 0 bridgehead atoms. The summed E-state index contributed by atoms with van der Waals surface area (Å²) in [6.07, 6.45) is 5.80. The van der Waals surface area contributed by atoms with Gasteiger partial charge in [-0.2, -0.15) is 9.97 Å². The van der Waals surface area contributed by atoms with Crippen molar-refractivity contribution >= 4 is 46.2 Å². The molecule has 0 amide bonds. The van der Waals surface area contributed by atoms with E-state index in [-0.39, 0.29) is 97.2 Å². The van der Waals surface area contributed by atoms with Gasteiger partial charge in [-0.25, -0.2) is 15.0 Å². The van der Waals surface area contributed by atoms with Crippen molar-refractivity contribution in [2.75, 3.05) is 37.9 Å². The van der Waals surface area contributed by atoms with Crippen LogP contribution in [0.2, 0.25) is 0 Å². The first kappa shape index (κ1) is 34.6. The number of nitrogens with two attached hydrogens (primary N) is 2. The number of esters is 2. The predicted molar refractivity (Wildman–Crippen MR) is 144 cm³/mol. The number of aliphatic hydroxyl groups excluding tert-OH is 1. The maximum Gasteiger partial charge on any atom is 1.00 e. The molecular weight excluding hydrogens is 563 g/mol. The zero-order valence-corrected chi connectivity index (χ0v) is 25.7. The number of imidazole rings is 2. The number of carbonyl (C=O) groups is 2. The van der Waals surface area contributed by atoms with Gasteiger partial charge in [0.25, 0.3) is 5.56 Å². The summed E-state index contributed by atoms with van der Waals surface area (Å²) in [6.45, 7) is 3.60. The van der Waals surface area contributed by atoms with Crippen molar-refractivity contribution < 1.29 is 58.8 Å². The number of nitrogens with zero attached hydrogens (tertiary/aromatic N) is 7. The molecule has 0 aliphatic heterocycles. The minimum atomic E-state index is -0.390. The van der Waals surface area contributed by atoms with Gasteiger partial charge >= 0.3 is 41.5 Å². The first-order chi connectivity index (χ1) is 19.6. The molecule has 6 N–H and O–H groups in total. The van der Waals surface area contributed by atoms with Crippen LogP contribution in [0.1, 0.15) is 26.7 Å². The summed E-state index contributed by atoms with van der Waals surface area (Å²) in [5.41, 5.74) is 12.6. The molecule has 0 fully saturated rings. The minimum Gasteiger partial charge on any atom is -0.854 e. The van der Waals surface area contributed by atoms with Crippen LogP contribution in [0, 0.1) is 11.8 Å². The fourth-order valence-corrected chi connectivity index (χ4v) is 3.72. The molecule has 0 saturated carbocycles. The summed E-state index contributed by atoms with van der Waals surface area (Å²) in [7, 11) is 0. The van der Waals surface area contributed by atoms with Crippen LogP contribution in [0.3, 0.4) is 0 Å². The van der Waals surface area contributed by atoms with Gasteiger partial charge in [-0.1, -0.05) is 0 Å². The normalized spacial score (nSPS) is 11.5. The average molecular weight is 597 g/mol. The van der Waals surface area contributed by atoms with Crippen LogP contribution in [0.15, 0.2) is 23.6 Å². The Labute approximate surface area is 262 Å². The third kappa shape index (κ3) is 10.0. The first-order valence-corrected chi connectivity index (χ1v) is 12.7. The molecular formula is C24H33N10NaO7. The molecule has 4 aromatic rings. The first-order valence-electron chi connectivity index (χ1n) is 12.7. The van der Waals surface area contributed by atoms with Crippen LogP contribution in [-0.4, -0.2) is 82.5 Å². The fraction of sp³-hybridized carbons (Fsp3) is 0.500. The van der Waals surface area contributed by atoms with E-state index in [0.29, 0.717) is 42.7 Å². The van der Waals surface area contributed by atoms with Crippen molar-refractivity contribution in [3.05, 3.63) is 29.2 Å². The number of fused-ring (bicyclic) bond motifs is 2. The van der Waals surface area contributed by atoms with Gasteiger partial charge in [0.05, 0.1) is 32.1 Å². The third-order valence-corrected chi connectivity index (χ3v) is 5.97. The Morgan fingerprint density at radius 2 is 1.57 bits per heavy atom. The Morgan fingerprint density at radius 1 is 0.976 bits per heavy atom. The molecule has 4 aromatic heterocycles. The second kappa shape index (κ2) is 16.7. The van der Waals surface area contributed by atoms with Crippen molar-refractivity contribution in [1.82, 2.24) is 39.0 Å². The molecule has 4 rings (SSSR count). The van der Waals surface area contributed by atoms with Crippen LogP contribution >= 0.6 is 0 Å². The number of hydrogen-bond acceptors (Lipinski definition) is 14. The summed E-state index contributed by atoms with van der Waals surface area (Å²) in [5, 5.41) is 19.7. The van der Waals surface area contributed by atoms with Crippen LogP contribution in [-0.2, 0) is 32.2 Å². The van der Waals surface area contributed by atoms with Gasteiger partial charge in [0.1, 0.15) is 5.52 Å². The van der Waals surface area contributed by atoms with E-state index >= 15 is 0 Å². The molecule has 1 unspecified atom stereocenters. The van der Waals surface area contributed by atoms with Gasteiger partial charge in [0.15, 0.2) is 16.8 Å². The molecule has 0 saturated heterocycles. The van der Waals surface area contributed by atoms with Crippen LogP contribution in [0.25, 0.3) is 22.3 Å². The number of nitrogen functional groups attached to an aromatic ring is 2. The number of carbonyl (C=O) groups excluding carboxylic acids is 2. The van der Waals surface area contributed by atoms with Gasteiger partial charge in [0.2, 0.25) is 11.9 Å². The largest absolute Gasteiger partial charge is 1.00 e. The van der Waals surface area contributed by atoms with Crippen molar-refractivity contribution in [1.29, 1.82) is 0 Å². The third-order valence-electron chi connectivity index (χ3n) is 5.97. The van der Waals surface area contributed by atoms with E-state index in [0.717, 1.165) is 0 Å². The molecule has 17 nitrogen and oxygen atoms in total. The number of aromatic amines is 1. The molecule has 4 heterocycles. The molecule has 18 heteroatoms. The molecule has 0 aliphatic carbocycles. The number of hydrogen-bond donors (Lipinski definition) is 4. The second-order valence-electron chi connectivity index (χ2n) is 9.20. The number of nitrogens with one attached hydrogen (secondary N) is 1. The van der Waals surface area contributed by atoms with E-state index in [4.69, 9.17) is 26.0 Å². The number of aryl methyl sites for hydroxylation is 2. The number of rotatable bonds is 12. The summed E-state index contributed by atoms with van der Waals surface area (Å²) in [5.74, 6) is -0.952. The van der Waals surface area contributed by atoms with E-state index in [9.17, 15) is 19.5 Å². The molecule has 222 valence electrons. The van der Waals surface area contributed by atoms with E-state index < -0.39 is 5.56 Å². The zero-order chi connectivity index (χ0) is 29.9. The van der Waals surface area contributed by atoms with E-state index in [1.165, 1.54) is 20.2 Å². The second-order valence-corrected chi connectivity index (χ2v) is 9.20. The Morgan fingerprint density at radius 3 is 2.17 bits per heavy atom. The number of aliphatic hydroxyl groups is 1. The smallest absolute Gasteiger partial charge is 0.854 e. The van der Waals surface area contributed by atoms with E-state index in [2.05, 4.69) is 29.9 Å². The van der Waals surface area contributed by atoms with Gasteiger partial charge < -0.3 is 40.3 Å². The number of ether oxygens (including phenoxy) is 2. The fourth-order valence-electron chi connectivity index (χ4n) is 3.72. The average Bonchev–Trinajstić information content (AvgIpc) is 3.52. The van der Waals surface area contributed by atoms with Crippen LogP contribution in [0.5, 0.6) is 0 Å². The Bertz CT molecular complexity index is 1500. The molecule has 0 aromatic carbocycles. The maximum absolute atomic E-state index is 11.5. The van der Waals surface area contributed by atoms with Crippen molar-refractivity contribution in [2.24, 2.45) is 11.8 Å². The quantitative estimate of drug-likeness (QED) is 0.0890. The van der Waals surface area contributed by atoms with E-state index in [1.54, 1.807) is 17.1 Å². The maximum atomic E-state index is 11.5. The number of H-pyrrole nitrogens is 1. The molecule has 0 radical (unpaired) electrons. The SMILES string of the molecule is CC(=O)OCC(CCn1cnc2cnc(N)nc21)COC(C)=O.Nc1nc2c(ncn2CCC(C[O-])CO)c(=O)[nH]1.[Na+]. The van der Waals surface area contributed by atoms with Crippen LogP contribution in [0.4, 0.5) is 11.9 Å². The topological polar surface area (TPSA) is 255 Å². The van der Waals surface area contributed by atoms with Gasteiger partial charge in [-0.3, -0.25) is 19.4 Å². The van der Waals surface area contributed by atoms with Gasteiger partial charge in [0, 0.05) is 39.5 Å². The van der Waals surface area contributed by atoms with Crippen LogP contribution < -0.4 is 51.7 Å². The number of aromatic nitrogens is 8. The predicted octanol–water partition coefficient (Wildman–Crippen LogP) is -4.39. The van der Waals surface area contributed by atoms with Crippen molar-refractivity contribution in [3.8, 4) is 0 Å². The molecule has 0 spiro atoms. The van der Waals surface area contributed by atoms with E-state index in [1.807, 2.05) is 4.57 Å². The summed E-state index contributed by atoms with van der Waals surface area (Å²) in [4.78, 5) is 56.0. The molecule has 1 atom stereocenters. The van der Waals surface area contributed by atoms with Gasteiger partial charge in [-0.15, -0.1) is 6.61 Å². The number of anilines is 2. The monoisotopic (exact) mass is 596 g/mol.